The standard InChI is InChI=1S/C35H28ClF5N10O4/c1-3-24-29(48-9-11-49(12-10-48)32(54)28-30(53)17(2)43-16-44-28)33(55)51-34(46-31(47-51)20-14-22(37)27-19(26(20)38)5-4-8-42-27)50(24)15-25(52)45-23-7-6-18(13-21(23)36)35(39,40)41/h4-8,13-14,16,53H,3,9-12,15H2,1-2H3,(H,45,52). The van der Waals surface area contributed by atoms with Gasteiger partial charge in [-0.15, -0.1) is 5.10 Å². The molecule has 20 heteroatoms. The van der Waals surface area contributed by atoms with E-state index >= 15 is 8.78 Å². The van der Waals surface area contributed by atoms with E-state index in [9.17, 15) is 32.7 Å². The summed E-state index contributed by atoms with van der Waals surface area (Å²) >= 11 is 6.10. The first-order chi connectivity index (χ1) is 26.2. The quantitative estimate of drug-likeness (QED) is 0.210. The van der Waals surface area contributed by atoms with E-state index in [0.29, 0.717) is 6.07 Å². The number of nitrogens with zero attached hydrogens (tertiary/aromatic N) is 9. The van der Waals surface area contributed by atoms with Crippen LogP contribution in [-0.4, -0.2) is 82.1 Å². The highest BCUT2D eigenvalue weighted by Gasteiger charge is 2.33. The van der Waals surface area contributed by atoms with Gasteiger partial charge in [-0.05, 0) is 49.7 Å². The van der Waals surface area contributed by atoms with E-state index in [4.69, 9.17) is 11.6 Å². The minimum atomic E-state index is -4.68. The number of fused-ring (bicyclic) bond motifs is 2. The Morgan fingerprint density at radius 2 is 1.78 bits per heavy atom. The Balaban J connectivity index is 1.30. The molecule has 0 atom stereocenters. The molecule has 14 nitrogen and oxygen atoms in total. The number of amides is 2. The van der Waals surface area contributed by atoms with Crippen LogP contribution < -0.4 is 15.8 Å². The van der Waals surface area contributed by atoms with Crippen molar-refractivity contribution in [1.82, 2.24) is 39.0 Å². The maximum Gasteiger partial charge on any atom is 0.416 e. The summed E-state index contributed by atoms with van der Waals surface area (Å²) in [5, 5.41) is 16.6. The summed E-state index contributed by atoms with van der Waals surface area (Å²) in [6.07, 6.45) is -2.08. The number of aryl methyl sites for hydroxylation is 1. The minimum absolute atomic E-state index is 0.0778. The first kappa shape index (κ1) is 37.1. The largest absolute Gasteiger partial charge is 0.504 e. The molecule has 55 heavy (non-hydrogen) atoms. The number of rotatable bonds is 7. The molecule has 0 bridgehead atoms. The van der Waals surface area contributed by atoms with Crippen molar-refractivity contribution in [3.63, 3.8) is 0 Å². The number of aromatic nitrogens is 7. The lowest BCUT2D eigenvalue weighted by Gasteiger charge is -2.36. The number of hydrogen-bond acceptors (Lipinski definition) is 10. The molecule has 0 aliphatic carbocycles. The highest BCUT2D eigenvalue weighted by Crippen LogP contribution is 2.34. The number of benzene rings is 2. The molecule has 0 saturated carbocycles. The normalized spacial score (nSPS) is 13.5. The smallest absolute Gasteiger partial charge is 0.416 e. The number of hydrogen-bond donors (Lipinski definition) is 2. The maximum atomic E-state index is 15.9. The van der Waals surface area contributed by atoms with Crippen molar-refractivity contribution in [3.05, 3.63) is 98.6 Å². The van der Waals surface area contributed by atoms with Gasteiger partial charge in [0, 0.05) is 37.8 Å². The molecule has 0 radical (unpaired) electrons. The van der Waals surface area contributed by atoms with E-state index in [2.05, 4.69) is 30.4 Å². The van der Waals surface area contributed by atoms with Gasteiger partial charge in [0.1, 0.15) is 35.7 Å². The molecule has 284 valence electrons. The number of carbonyl (C=O) groups is 2. The van der Waals surface area contributed by atoms with E-state index in [0.717, 1.165) is 29.0 Å². The zero-order valence-electron chi connectivity index (χ0n) is 28.8. The van der Waals surface area contributed by atoms with Crippen LogP contribution in [0.2, 0.25) is 5.02 Å². The van der Waals surface area contributed by atoms with E-state index < -0.39 is 47.3 Å². The maximum absolute atomic E-state index is 15.9. The molecule has 2 N–H and O–H groups in total. The Labute approximate surface area is 311 Å². The van der Waals surface area contributed by atoms with Crippen LogP contribution >= 0.6 is 11.6 Å². The second-order valence-electron chi connectivity index (χ2n) is 12.5. The van der Waals surface area contributed by atoms with E-state index in [1.54, 1.807) is 11.8 Å². The molecule has 4 aromatic heterocycles. The molecule has 2 amide bonds. The third-order valence-electron chi connectivity index (χ3n) is 9.14. The third-order valence-corrected chi connectivity index (χ3v) is 9.46. The summed E-state index contributed by atoms with van der Waals surface area (Å²) in [6.45, 7) is 3.06. The van der Waals surface area contributed by atoms with Gasteiger partial charge in [0.25, 0.3) is 11.5 Å². The van der Waals surface area contributed by atoms with E-state index in [1.165, 1.54) is 34.7 Å². The van der Waals surface area contributed by atoms with Crippen LogP contribution in [0.4, 0.5) is 33.3 Å². The number of halogens is 6. The Kier molecular flexibility index (Phi) is 9.58. The lowest BCUT2D eigenvalue weighted by atomic mass is 10.1. The average molecular weight is 783 g/mol. The van der Waals surface area contributed by atoms with Crippen molar-refractivity contribution >= 4 is 51.5 Å². The first-order valence-electron chi connectivity index (χ1n) is 16.6. The number of piperazine rings is 1. The van der Waals surface area contributed by atoms with Crippen LogP contribution in [0.1, 0.15) is 34.4 Å². The second kappa shape index (κ2) is 14.2. The van der Waals surface area contributed by atoms with Gasteiger partial charge >= 0.3 is 6.18 Å². The third kappa shape index (κ3) is 6.75. The zero-order chi connectivity index (χ0) is 39.3. The summed E-state index contributed by atoms with van der Waals surface area (Å²) in [4.78, 5) is 60.4. The highest BCUT2D eigenvalue weighted by atomic mass is 35.5. The Hall–Kier alpha value is -6.24. The SMILES string of the molecule is CCc1c(N2CCN(C(=O)c3ncnc(C)c3O)CC2)c(=O)n2nc(-c3cc(F)c4ncccc4c3F)nc2n1CC(=O)Nc1ccc(C(F)(F)F)cc1Cl. The number of aromatic hydroxyl groups is 1. The molecule has 1 fully saturated rings. The Bertz CT molecular complexity index is 2590. The van der Waals surface area contributed by atoms with Crippen LogP contribution in [0.25, 0.3) is 28.1 Å². The molecule has 2 aromatic carbocycles. The lowest BCUT2D eigenvalue weighted by molar-refractivity contribution is -0.137. The van der Waals surface area contributed by atoms with E-state index in [-0.39, 0.29) is 99.9 Å². The molecular formula is C35H28ClF5N10O4. The van der Waals surface area contributed by atoms with Crippen molar-refractivity contribution < 1.29 is 36.6 Å². The summed E-state index contributed by atoms with van der Waals surface area (Å²) in [7, 11) is 0. The second-order valence-corrected chi connectivity index (χ2v) is 12.9. The van der Waals surface area contributed by atoms with Crippen molar-refractivity contribution in [3.8, 4) is 17.1 Å². The topological polar surface area (TPSA) is 164 Å². The van der Waals surface area contributed by atoms with Crippen LogP contribution in [0.3, 0.4) is 0 Å². The monoisotopic (exact) mass is 782 g/mol. The van der Waals surface area contributed by atoms with Gasteiger partial charge in [0.05, 0.1) is 33.2 Å². The summed E-state index contributed by atoms with van der Waals surface area (Å²) in [5.41, 5.74) is -2.07. The summed E-state index contributed by atoms with van der Waals surface area (Å²) in [5.74, 6) is -4.06. The molecule has 1 aliphatic rings. The Morgan fingerprint density at radius 1 is 1.04 bits per heavy atom. The fourth-order valence-corrected chi connectivity index (χ4v) is 6.64. The van der Waals surface area contributed by atoms with Crippen molar-refractivity contribution in [2.75, 3.05) is 36.4 Å². The fourth-order valence-electron chi connectivity index (χ4n) is 6.41. The van der Waals surface area contributed by atoms with Gasteiger partial charge in [-0.2, -0.15) is 22.7 Å². The predicted molar refractivity (Wildman–Crippen MR) is 189 cm³/mol. The number of carbonyl (C=O) groups excluding carboxylic acids is 2. The number of alkyl halides is 3. The van der Waals surface area contributed by atoms with Gasteiger partial charge in [0.2, 0.25) is 11.7 Å². The van der Waals surface area contributed by atoms with Crippen LogP contribution in [0.15, 0.2) is 53.7 Å². The average Bonchev–Trinajstić information content (AvgIpc) is 3.61. The fraction of sp³-hybridized carbons (Fsp3) is 0.257. The predicted octanol–water partition coefficient (Wildman–Crippen LogP) is 5.02. The number of nitrogens with one attached hydrogen (secondary N) is 1. The van der Waals surface area contributed by atoms with Gasteiger partial charge < -0.3 is 24.8 Å². The highest BCUT2D eigenvalue weighted by molar-refractivity contribution is 6.33. The van der Waals surface area contributed by atoms with Gasteiger partial charge in [-0.1, -0.05) is 18.5 Å². The minimum Gasteiger partial charge on any atom is -0.504 e. The van der Waals surface area contributed by atoms with E-state index in [1.807, 2.05) is 0 Å². The molecule has 1 aliphatic heterocycles. The molecule has 1 saturated heterocycles. The summed E-state index contributed by atoms with van der Waals surface area (Å²) < 4.78 is 72.9. The van der Waals surface area contributed by atoms with Crippen molar-refractivity contribution in [1.29, 1.82) is 0 Å². The van der Waals surface area contributed by atoms with Crippen molar-refractivity contribution in [2.45, 2.75) is 33.0 Å². The van der Waals surface area contributed by atoms with Gasteiger partial charge in [-0.25, -0.2) is 18.7 Å². The molecule has 7 rings (SSSR count). The summed E-state index contributed by atoms with van der Waals surface area (Å²) in [6, 6.07) is 6.01. The number of pyridine rings is 1. The van der Waals surface area contributed by atoms with Gasteiger partial charge in [-0.3, -0.25) is 19.4 Å². The molecular weight excluding hydrogens is 755 g/mol. The number of anilines is 2. The zero-order valence-corrected chi connectivity index (χ0v) is 29.6. The van der Waals surface area contributed by atoms with Gasteiger partial charge in [0.15, 0.2) is 17.3 Å². The lowest BCUT2D eigenvalue weighted by Crippen LogP contribution is -2.51. The van der Waals surface area contributed by atoms with Crippen LogP contribution in [0, 0.1) is 18.6 Å². The first-order valence-corrected chi connectivity index (χ1v) is 17.0. The van der Waals surface area contributed by atoms with Crippen molar-refractivity contribution in [2.24, 2.45) is 0 Å². The molecule has 6 aromatic rings. The molecule has 5 heterocycles. The molecule has 0 unspecified atom stereocenters. The Morgan fingerprint density at radius 3 is 2.47 bits per heavy atom. The van der Waals surface area contributed by atoms with Crippen LogP contribution in [0.5, 0.6) is 5.75 Å². The van der Waals surface area contributed by atoms with Crippen LogP contribution in [-0.2, 0) is 23.9 Å². The molecule has 0 spiro atoms.